The van der Waals surface area contributed by atoms with E-state index in [0.717, 1.165) is 6.32 Å². The second kappa shape index (κ2) is 16.4. The summed E-state index contributed by atoms with van der Waals surface area (Å²) in [4.78, 5) is 0. The van der Waals surface area contributed by atoms with E-state index < -0.39 is 0 Å². The summed E-state index contributed by atoms with van der Waals surface area (Å²) in [7, 11) is 2.22. The third-order valence-electron chi connectivity index (χ3n) is 0.602. The summed E-state index contributed by atoms with van der Waals surface area (Å²) in [6.07, 6.45) is 3.73. The van der Waals surface area contributed by atoms with Crippen LogP contribution in [0.3, 0.4) is 0 Å². The van der Waals surface area contributed by atoms with Crippen LogP contribution < -0.4 is 0 Å². The predicted molar refractivity (Wildman–Crippen MR) is 41.0 cm³/mol. The van der Waals surface area contributed by atoms with Gasteiger partial charge in [0.15, 0.2) is 0 Å². The molecule has 0 rings (SSSR count). The quantitative estimate of drug-likeness (QED) is 0.409. The molecule has 54 valence electrons. The average molecular weight is 340 g/mol. The molecule has 0 amide bonds. The zero-order valence-corrected chi connectivity index (χ0v) is 10.4. The van der Waals surface area contributed by atoms with Gasteiger partial charge < -0.3 is 0 Å². The van der Waals surface area contributed by atoms with Crippen molar-refractivity contribution in [2.45, 2.75) is 19.6 Å². The van der Waals surface area contributed by atoms with Crippen LogP contribution in [0.15, 0.2) is 6.08 Å². The summed E-state index contributed by atoms with van der Waals surface area (Å²) in [6.45, 7) is 6.98. The van der Waals surface area contributed by atoms with Gasteiger partial charge in [-0.05, 0) is 0 Å². The van der Waals surface area contributed by atoms with Crippen LogP contribution in [0.2, 0.25) is 12.6 Å². The minimum absolute atomic E-state index is 1.08. The molecule has 0 aliphatic rings. The molecule has 0 aliphatic heterocycles. The van der Waals surface area contributed by atoms with Crippen LogP contribution in [0.5, 0.6) is 0 Å². The zero-order chi connectivity index (χ0) is 8.24. The fraction of sp³-hybridized carbons (Fsp3) is 0.429. The Hall–Kier alpha value is 0.818. The molecule has 1 radical (unpaired) electrons. The van der Waals surface area contributed by atoms with Crippen LogP contribution in [0, 0.1) is 6.58 Å². The minimum atomic E-state index is 1.08. The SMILES string of the molecule is CC[B]C[C-]=[W].[CH-]=C[CH]=[V]. The van der Waals surface area contributed by atoms with Gasteiger partial charge >= 0.3 is 85.0 Å². The molecule has 0 heterocycles. The second-order valence-electron chi connectivity index (χ2n) is 1.39. The molecule has 0 bridgehead atoms. The molecule has 0 spiro atoms. The molecule has 0 aromatic heterocycles. The first kappa shape index (κ1) is 13.4. The van der Waals surface area contributed by atoms with E-state index in [0.29, 0.717) is 0 Å². The van der Waals surface area contributed by atoms with Crippen LogP contribution in [0.1, 0.15) is 6.92 Å². The average Bonchev–Trinajstić information content (AvgIpc) is 2.01. The molecule has 0 aliphatic carbocycles. The predicted octanol–water partition coefficient (Wildman–Crippen LogP) is 1.10. The Labute approximate surface area is 84.6 Å². The molecule has 0 aromatic carbocycles. The van der Waals surface area contributed by atoms with Gasteiger partial charge in [0.25, 0.3) is 0 Å². The van der Waals surface area contributed by atoms with Crippen molar-refractivity contribution in [1.29, 1.82) is 0 Å². The van der Waals surface area contributed by atoms with Crippen molar-refractivity contribution < 1.29 is 36.3 Å². The molecule has 0 fully saturated rings. The van der Waals surface area contributed by atoms with E-state index in [1.54, 1.807) is 4.73 Å². The van der Waals surface area contributed by atoms with Gasteiger partial charge in [-0.25, -0.2) is 0 Å². The van der Waals surface area contributed by atoms with Gasteiger partial charge in [0.05, 0.1) is 0 Å². The fourth-order valence-electron chi connectivity index (χ4n) is 0.203. The van der Waals surface area contributed by atoms with Gasteiger partial charge in [-0.2, -0.15) is 0 Å². The van der Waals surface area contributed by atoms with Crippen molar-refractivity contribution in [2.75, 3.05) is 0 Å². The summed E-state index contributed by atoms with van der Waals surface area (Å²) in [5.74, 6) is 0. The molecule has 0 aromatic rings. The summed E-state index contributed by atoms with van der Waals surface area (Å²) in [6, 6.07) is 0. The van der Waals surface area contributed by atoms with Gasteiger partial charge in [0, 0.05) is 0 Å². The van der Waals surface area contributed by atoms with Crippen LogP contribution in [-0.2, 0) is 36.3 Å². The maximum absolute atomic E-state index is 4.83. The Morgan fingerprint density at radius 2 is 2.30 bits per heavy atom. The summed E-state index contributed by atoms with van der Waals surface area (Å²) in [5.41, 5.74) is 0. The van der Waals surface area contributed by atoms with Crippen molar-refractivity contribution >= 4 is 16.4 Å². The second-order valence-corrected chi connectivity index (χ2v) is 2.89. The summed E-state index contributed by atoms with van der Waals surface area (Å²) >= 11 is 3.68. The molecule has 0 saturated heterocycles. The molecule has 0 nitrogen and oxygen atoms in total. The maximum atomic E-state index is 4.83. The van der Waals surface area contributed by atoms with E-state index in [1.165, 1.54) is 31.7 Å². The van der Waals surface area contributed by atoms with Crippen LogP contribution in [-0.4, -0.2) is 16.4 Å². The number of hydrogen-bond acceptors (Lipinski definition) is 0. The molecule has 10 heavy (non-hydrogen) atoms. The van der Waals surface area contributed by atoms with Gasteiger partial charge in [0.1, 0.15) is 0 Å². The van der Waals surface area contributed by atoms with Crippen LogP contribution >= 0.6 is 0 Å². The van der Waals surface area contributed by atoms with E-state index in [1.807, 2.05) is 0 Å². The first-order chi connectivity index (χ1) is 4.83. The van der Waals surface area contributed by atoms with Gasteiger partial charge in [0.2, 0.25) is 0 Å². The van der Waals surface area contributed by atoms with E-state index in [-0.39, 0.29) is 0 Å². The first-order valence-corrected chi connectivity index (χ1v) is 5.28. The van der Waals surface area contributed by atoms with Gasteiger partial charge in [-0.3, -0.25) is 0 Å². The van der Waals surface area contributed by atoms with Gasteiger partial charge in [-0.15, -0.1) is 0 Å². The summed E-state index contributed by atoms with van der Waals surface area (Å²) < 4.78 is 4.81. The Morgan fingerprint density at radius 1 is 1.80 bits per heavy atom. The molecular formula is C7H10BVW-2. The molecule has 0 N–H and O–H groups in total. The standard InChI is InChI=1S/C4H7B.C3H3.V.W/c1-3-5-4-2;1-3-2;;/h3-4H2,1H3;1-3H;;/q2*-1;;. The number of hydrogen-bond donors (Lipinski definition) is 0. The Morgan fingerprint density at radius 3 is 2.40 bits per heavy atom. The normalized spacial score (nSPS) is 6.40. The van der Waals surface area contributed by atoms with Crippen molar-refractivity contribution in [2.24, 2.45) is 0 Å². The van der Waals surface area contributed by atoms with Crippen molar-refractivity contribution in [1.82, 2.24) is 0 Å². The van der Waals surface area contributed by atoms with Crippen molar-refractivity contribution in [3.8, 4) is 0 Å². The molecule has 0 saturated carbocycles. The van der Waals surface area contributed by atoms with Gasteiger partial charge in [-0.1, -0.05) is 0 Å². The molecule has 3 heteroatoms. The zero-order valence-electron chi connectivity index (χ0n) is 6.08. The Balaban J connectivity index is 0. The van der Waals surface area contributed by atoms with E-state index in [4.69, 9.17) is 6.58 Å². The monoisotopic (exact) mass is 340 g/mol. The third-order valence-corrected chi connectivity index (χ3v) is 1.47. The van der Waals surface area contributed by atoms with Crippen LogP contribution in [0.25, 0.3) is 0 Å². The Kier molecular flexibility index (Phi) is 22.0. The molecule has 0 atom stereocenters. The van der Waals surface area contributed by atoms with Crippen LogP contribution in [0.4, 0.5) is 0 Å². The number of rotatable bonds is 4. The van der Waals surface area contributed by atoms with E-state index in [9.17, 15) is 0 Å². The van der Waals surface area contributed by atoms with Crippen molar-refractivity contribution in [3.05, 3.63) is 12.7 Å². The summed E-state index contributed by atoms with van der Waals surface area (Å²) in [5, 5.41) is 0. The first-order valence-electron chi connectivity index (χ1n) is 3.01. The topological polar surface area (TPSA) is 0 Å². The molecular weight excluding hydrogens is 330 g/mol. The van der Waals surface area contributed by atoms with E-state index in [2.05, 4.69) is 35.6 Å². The number of allylic oxidation sites excluding steroid dienone is 1. The third kappa shape index (κ3) is 23.2. The van der Waals surface area contributed by atoms with Crippen molar-refractivity contribution in [3.63, 3.8) is 0 Å². The van der Waals surface area contributed by atoms with E-state index >= 15 is 0 Å². The molecule has 0 unspecified atom stereocenters. The fourth-order valence-corrected chi connectivity index (χ4v) is 0.627. The Bertz CT molecular complexity index is 87.6.